The molecule has 0 unspecified atom stereocenters. The standard InChI is InChI=1S/C14H10F3N3O/c15-14(16,17)21-10-4-1-8(2-5-10)9-3-6-11-12(7-9)19-20-13(11)18/h1-7H,(H3,18,19,20). The predicted molar refractivity (Wildman–Crippen MR) is 72.6 cm³/mol. The summed E-state index contributed by atoms with van der Waals surface area (Å²) in [5, 5.41) is 7.49. The second-order valence-corrected chi connectivity index (χ2v) is 4.44. The summed E-state index contributed by atoms with van der Waals surface area (Å²) in [5.41, 5.74) is 8.04. The van der Waals surface area contributed by atoms with Crippen molar-refractivity contribution in [2.75, 3.05) is 5.73 Å². The van der Waals surface area contributed by atoms with Crippen LogP contribution in [0.5, 0.6) is 5.75 Å². The van der Waals surface area contributed by atoms with Gasteiger partial charge in [0.15, 0.2) is 5.82 Å². The van der Waals surface area contributed by atoms with Crippen molar-refractivity contribution in [2.24, 2.45) is 0 Å². The second-order valence-electron chi connectivity index (χ2n) is 4.44. The van der Waals surface area contributed by atoms with Gasteiger partial charge in [-0.05, 0) is 35.4 Å². The van der Waals surface area contributed by atoms with Gasteiger partial charge in [-0.25, -0.2) is 0 Å². The number of aromatic amines is 1. The molecule has 7 heteroatoms. The molecule has 1 aromatic heterocycles. The van der Waals surface area contributed by atoms with Crippen LogP contribution >= 0.6 is 0 Å². The molecule has 0 amide bonds. The Hall–Kier alpha value is -2.70. The minimum atomic E-state index is -4.69. The van der Waals surface area contributed by atoms with Crippen LogP contribution in [0.25, 0.3) is 22.0 Å². The van der Waals surface area contributed by atoms with Gasteiger partial charge in [0, 0.05) is 5.39 Å². The quantitative estimate of drug-likeness (QED) is 0.757. The number of aromatic nitrogens is 2. The summed E-state index contributed by atoms with van der Waals surface area (Å²) in [6, 6.07) is 11.1. The molecule has 0 fully saturated rings. The normalized spacial score (nSPS) is 11.8. The SMILES string of the molecule is Nc1n[nH]c2cc(-c3ccc(OC(F)(F)F)cc3)ccc12. The summed E-state index contributed by atoms with van der Waals surface area (Å²) >= 11 is 0. The van der Waals surface area contributed by atoms with Gasteiger partial charge in [-0.1, -0.05) is 18.2 Å². The van der Waals surface area contributed by atoms with Crippen LogP contribution in [0, 0.1) is 0 Å². The fourth-order valence-electron chi connectivity index (χ4n) is 2.07. The zero-order valence-electron chi connectivity index (χ0n) is 10.6. The number of halogens is 3. The van der Waals surface area contributed by atoms with Gasteiger partial charge in [0.05, 0.1) is 5.52 Å². The number of rotatable bonds is 2. The molecule has 3 rings (SSSR count). The van der Waals surface area contributed by atoms with Crippen LogP contribution in [-0.2, 0) is 0 Å². The largest absolute Gasteiger partial charge is 0.573 e. The van der Waals surface area contributed by atoms with Gasteiger partial charge in [-0.3, -0.25) is 5.10 Å². The van der Waals surface area contributed by atoms with E-state index in [0.29, 0.717) is 5.82 Å². The molecule has 1 heterocycles. The molecule has 0 aliphatic rings. The lowest BCUT2D eigenvalue weighted by molar-refractivity contribution is -0.274. The zero-order chi connectivity index (χ0) is 15.0. The van der Waals surface area contributed by atoms with Crippen LogP contribution in [0.3, 0.4) is 0 Å². The Bertz CT molecular complexity index is 778. The number of hydrogen-bond donors (Lipinski definition) is 2. The first kappa shape index (κ1) is 13.3. The minimum Gasteiger partial charge on any atom is -0.406 e. The van der Waals surface area contributed by atoms with E-state index in [-0.39, 0.29) is 5.75 Å². The first-order valence-electron chi connectivity index (χ1n) is 6.02. The van der Waals surface area contributed by atoms with Gasteiger partial charge < -0.3 is 10.5 Å². The smallest absolute Gasteiger partial charge is 0.406 e. The molecule has 0 spiro atoms. The number of nitrogen functional groups attached to an aromatic ring is 1. The fraction of sp³-hybridized carbons (Fsp3) is 0.0714. The Balaban J connectivity index is 1.91. The van der Waals surface area contributed by atoms with Crippen LogP contribution in [0.2, 0.25) is 0 Å². The van der Waals surface area contributed by atoms with Crippen molar-refractivity contribution in [1.29, 1.82) is 0 Å². The molecule has 108 valence electrons. The van der Waals surface area contributed by atoms with Crippen molar-refractivity contribution in [3.63, 3.8) is 0 Å². The molecule has 0 bridgehead atoms. The lowest BCUT2D eigenvalue weighted by Gasteiger charge is -2.09. The summed E-state index contributed by atoms with van der Waals surface area (Å²) in [4.78, 5) is 0. The maximum Gasteiger partial charge on any atom is 0.573 e. The number of nitrogens with one attached hydrogen (secondary N) is 1. The molecule has 0 radical (unpaired) electrons. The number of ether oxygens (including phenoxy) is 1. The van der Waals surface area contributed by atoms with E-state index in [1.807, 2.05) is 18.2 Å². The van der Waals surface area contributed by atoms with E-state index in [4.69, 9.17) is 5.73 Å². The van der Waals surface area contributed by atoms with Crippen molar-refractivity contribution in [2.45, 2.75) is 6.36 Å². The highest BCUT2D eigenvalue weighted by Crippen LogP contribution is 2.29. The van der Waals surface area contributed by atoms with Crippen molar-refractivity contribution >= 4 is 16.7 Å². The molecular formula is C14H10F3N3O. The van der Waals surface area contributed by atoms with E-state index in [1.165, 1.54) is 12.1 Å². The third-order valence-corrected chi connectivity index (χ3v) is 3.01. The summed E-state index contributed by atoms with van der Waals surface area (Å²) < 4.78 is 40.1. The molecule has 0 aliphatic heterocycles. The van der Waals surface area contributed by atoms with E-state index in [9.17, 15) is 13.2 Å². The summed E-state index contributed by atoms with van der Waals surface area (Å²) in [7, 11) is 0. The number of anilines is 1. The molecule has 3 aromatic rings. The minimum absolute atomic E-state index is 0.252. The zero-order valence-corrected chi connectivity index (χ0v) is 10.6. The number of nitrogens with zero attached hydrogens (tertiary/aromatic N) is 1. The molecule has 4 nitrogen and oxygen atoms in total. The van der Waals surface area contributed by atoms with E-state index < -0.39 is 6.36 Å². The van der Waals surface area contributed by atoms with Gasteiger partial charge in [-0.15, -0.1) is 13.2 Å². The summed E-state index contributed by atoms with van der Waals surface area (Å²) in [6.07, 6.45) is -4.69. The monoisotopic (exact) mass is 293 g/mol. The first-order valence-corrected chi connectivity index (χ1v) is 6.02. The Morgan fingerprint density at radius 2 is 1.67 bits per heavy atom. The second kappa shape index (κ2) is 4.69. The summed E-state index contributed by atoms with van der Waals surface area (Å²) in [5.74, 6) is 0.156. The van der Waals surface area contributed by atoms with Crippen molar-refractivity contribution < 1.29 is 17.9 Å². The van der Waals surface area contributed by atoms with Crippen molar-refractivity contribution in [3.8, 4) is 16.9 Å². The molecule has 0 aliphatic carbocycles. The number of fused-ring (bicyclic) bond motifs is 1. The Labute approximate surface area is 117 Å². The third-order valence-electron chi connectivity index (χ3n) is 3.01. The highest BCUT2D eigenvalue weighted by Gasteiger charge is 2.30. The predicted octanol–water partition coefficient (Wildman–Crippen LogP) is 3.71. The molecule has 3 N–H and O–H groups in total. The fourth-order valence-corrected chi connectivity index (χ4v) is 2.07. The number of alkyl halides is 3. The average molecular weight is 293 g/mol. The molecule has 21 heavy (non-hydrogen) atoms. The first-order chi connectivity index (χ1) is 9.92. The Morgan fingerprint density at radius 3 is 2.33 bits per heavy atom. The van der Waals surface area contributed by atoms with Gasteiger partial charge in [0.1, 0.15) is 5.75 Å². The lowest BCUT2D eigenvalue weighted by atomic mass is 10.0. The van der Waals surface area contributed by atoms with E-state index in [0.717, 1.165) is 22.0 Å². The Morgan fingerprint density at radius 1 is 1.00 bits per heavy atom. The highest BCUT2D eigenvalue weighted by atomic mass is 19.4. The average Bonchev–Trinajstić information content (AvgIpc) is 2.79. The maximum atomic E-state index is 12.1. The van der Waals surface area contributed by atoms with Crippen molar-refractivity contribution in [1.82, 2.24) is 10.2 Å². The maximum absolute atomic E-state index is 12.1. The van der Waals surface area contributed by atoms with E-state index >= 15 is 0 Å². The van der Waals surface area contributed by atoms with Crippen LogP contribution in [0.4, 0.5) is 19.0 Å². The number of H-pyrrole nitrogens is 1. The summed E-state index contributed by atoms with van der Waals surface area (Å²) in [6.45, 7) is 0. The van der Waals surface area contributed by atoms with E-state index in [1.54, 1.807) is 12.1 Å². The van der Waals surface area contributed by atoms with Crippen LogP contribution in [-0.4, -0.2) is 16.6 Å². The topological polar surface area (TPSA) is 63.9 Å². The van der Waals surface area contributed by atoms with Crippen molar-refractivity contribution in [3.05, 3.63) is 42.5 Å². The third kappa shape index (κ3) is 2.76. The molecular weight excluding hydrogens is 283 g/mol. The van der Waals surface area contributed by atoms with Gasteiger partial charge >= 0.3 is 6.36 Å². The van der Waals surface area contributed by atoms with Gasteiger partial charge in [-0.2, -0.15) is 5.10 Å². The van der Waals surface area contributed by atoms with Crippen LogP contribution < -0.4 is 10.5 Å². The molecule has 0 saturated heterocycles. The van der Waals surface area contributed by atoms with Gasteiger partial charge in [0.25, 0.3) is 0 Å². The number of benzene rings is 2. The molecule has 0 saturated carbocycles. The van der Waals surface area contributed by atoms with Gasteiger partial charge in [0.2, 0.25) is 0 Å². The van der Waals surface area contributed by atoms with Crippen LogP contribution in [0.15, 0.2) is 42.5 Å². The number of hydrogen-bond acceptors (Lipinski definition) is 3. The molecule has 0 atom stereocenters. The molecule has 2 aromatic carbocycles. The Kier molecular flexibility index (Phi) is 2.97. The van der Waals surface area contributed by atoms with E-state index in [2.05, 4.69) is 14.9 Å². The highest BCUT2D eigenvalue weighted by molar-refractivity contribution is 5.91. The number of nitrogens with two attached hydrogens (primary N) is 1. The van der Waals surface area contributed by atoms with Crippen LogP contribution in [0.1, 0.15) is 0 Å². The lowest BCUT2D eigenvalue weighted by Crippen LogP contribution is -2.16.